The van der Waals surface area contributed by atoms with E-state index in [0.29, 0.717) is 5.56 Å². The van der Waals surface area contributed by atoms with Crippen LogP contribution in [0, 0.1) is 6.92 Å². The van der Waals surface area contributed by atoms with Crippen LogP contribution in [0.15, 0.2) is 58.7 Å². The molecule has 1 unspecified atom stereocenters. The molecule has 6 nitrogen and oxygen atoms in total. The molecule has 0 spiro atoms. The second-order valence-corrected chi connectivity index (χ2v) is 8.09. The fourth-order valence-electron chi connectivity index (χ4n) is 3.89. The van der Waals surface area contributed by atoms with Gasteiger partial charge in [-0.1, -0.05) is 40.2 Å². The Morgan fingerprint density at radius 3 is 2.73 bits per heavy atom. The highest BCUT2D eigenvalue weighted by Gasteiger charge is 2.46. The van der Waals surface area contributed by atoms with E-state index in [4.69, 9.17) is 4.74 Å². The Labute approximate surface area is 182 Å². The SMILES string of the molecule is COCCN1C(=O)C(=O)/C(=C(/O)c2ccc(Br)c(C)c2)C1c1c[nH]c2ccccc12. The number of hydrogen-bond acceptors (Lipinski definition) is 4. The van der Waals surface area contributed by atoms with Gasteiger partial charge in [0.25, 0.3) is 11.7 Å². The number of ether oxygens (including phenoxy) is 1. The van der Waals surface area contributed by atoms with Gasteiger partial charge in [0.2, 0.25) is 0 Å². The molecule has 1 aromatic heterocycles. The molecule has 0 saturated carbocycles. The number of nitrogens with zero attached hydrogens (tertiary/aromatic N) is 1. The van der Waals surface area contributed by atoms with Gasteiger partial charge in [-0.2, -0.15) is 0 Å². The average Bonchev–Trinajstić information content (AvgIpc) is 3.27. The highest BCUT2D eigenvalue weighted by atomic mass is 79.9. The van der Waals surface area contributed by atoms with Crippen LogP contribution in [-0.4, -0.2) is 46.9 Å². The molecule has 30 heavy (non-hydrogen) atoms. The number of aliphatic hydroxyl groups excluding tert-OH is 1. The summed E-state index contributed by atoms with van der Waals surface area (Å²) >= 11 is 3.45. The second kappa shape index (κ2) is 8.08. The minimum Gasteiger partial charge on any atom is -0.507 e. The number of aromatic amines is 1. The first-order chi connectivity index (χ1) is 14.4. The zero-order valence-corrected chi connectivity index (χ0v) is 18.2. The number of methoxy groups -OCH3 is 1. The summed E-state index contributed by atoms with van der Waals surface area (Å²) in [7, 11) is 1.54. The summed E-state index contributed by atoms with van der Waals surface area (Å²) in [4.78, 5) is 30.6. The molecule has 1 saturated heterocycles. The van der Waals surface area contributed by atoms with Crippen molar-refractivity contribution in [3.63, 3.8) is 0 Å². The van der Waals surface area contributed by atoms with E-state index in [-0.39, 0.29) is 24.5 Å². The van der Waals surface area contributed by atoms with Crippen molar-refractivity contribution in [2.24, 2.45) is 0 Å². The molecule has 1 amide bonds. The molecule has 1 aliphatic heterocycles. The molecule has 2 N–H and O–H groups in total. The zero-order valence-electron chi connectivity index (χ0n) is 16.6. The number of ketones is 1. The van der Waals surface area contributed by atoms with E-state index in [9.17, 15) is 14.7 Å². The van der Waals surface area contributed by atoms with Crippen molar-refractivity contribution in [2.45, 2.75) is 13.0 Å². The quantitative estimate of drug-likeness (QED) is 0.332. The number of rotatable bonds is 5. The lowest BCUT2D eigenvalue weighted by Crippen LogP contribution is -2.32. The van der Waals surface area contributed by atoms with E-state index in [2.05, 4.69) is 20.9 Å². The van der Waals surface area contributed by atoms with Gasteiger partial charge < -0.3 is 19.7 Å². The maximum absolute atomic E-state index is 13.0. The predicted molar refractivity (Wildman–Crippen MR) is 118 cm³/mol. The number of halogens is 1. The maximum atomic E-state index is 13.0. The lowest BCUT2D eigenvalue weighted by Gasteiger charge is -2.24. The van der Waals surface area contributed by atoms with Gasteiger partial charge in [0.15, 0.2) is 0 Å². The second-order valence-electron chi connectivity index (χ2n) is 7.24. The highest BCUT2D eigenvalue weighted by Crippen LogP contribution is 2.42. The van der Waals surface area contributed by atoms with Crippen molar-refractivity contribution < 1.29 is 19.4 Å². The van der Waals surface area contributed by atoms with Crippen LogP contribution >= 0.6 is 15.9 Å². The molecule has 1 fully saturated rings. The monoisotopic (exact) mass is 468 g/mol. The summed E-state index contributed by atoms with van der Waals surface area (Å²) in [6, 6.07) is 12.3. The zero-order chi connectivity index (χ0) is 21.4. The largest absolute Gasteiger partial charge is 0.507 e. The standard InChI is InChI=1S/C23H21BrN2O4/c1-13-11-14(7-8-17(13)24)21(27)19-20(26(9-10-30-2)23(29)22(19)28)16-12-25-18-6-4-3-5-15(16)18/h3-8,11-12,20,25,27H,9-10H2,1-2H3/b21-19+. The van der Waals surface area contributed by atoms with Crippen LogP contribution < -0.4 is 0 Å². The number of nitrogens with one attached hydrogen (secondary N) is 1. The molecule has 7 heteroatoms. The number of carbonyl (C=O) groups is 2. The van der Waals surface area contributed by atoms with Gasteiger partial charge in [-0.15, -0.1) is 0 Å². The van der Waals surface area contributed by atoms with E-state index in [0.717, 1.165) is 26.5 Å². The topological polar surface area (TPSA) is 82.6 Å². The number of aromatic nitrogens is 1. The van der Waals surface area contributed by atoms with Gasteiger partial charge in [-0.3, -0.25) is 9.59 Å². The van der Waals surface area contributed by atoms with Crippen LogP contribution in [0.4, 0.5) is 0 Å². The van der Waals surface area contributed by atoms with Gasteiger partial charge >= 0.3 is 0 Å². The number of para-hydroxylation sites is 1. The number of H-pyrrole nitrogens is 1. The summed E-state index contributed by atoms with van der Waals surface area (Å²) in [6.45, 7) is 2.42. The summed E-state index contributed by atoms with van der Waals surface area (Å²) in [6.07, 6.45) is 1.79. The van der Waals surface area contributed by atoms with Gasteiger partial charge in [0.1, 0.15) is 5.76 Å². The fourth-order valence-corrected chi connectivity index (χ4v) is 4.14. The first kappa shape index (κ1) is 20.4. The number of fused-ring (bicyclic) bond motifs is 1. The van der Waals surface area contributed by atoms with Crippen molar-refractivity contribution >= 4 is 44.3 Å². The Bertz CT molecular complexity index is 1180. The fraction of sp³-hybridized carbons (Fsp3) is 0.217. The minimum absolute atomic E-state index is 0.0857. The number of Topliss-reactive ketones (excluding diaryl/α,β-unsaturated/α-hetero) is 1. The Hall–Kier alpha value is -2.90. The van der Waals surface area contributed by atoms with Crippen LogP contribution in [0.3, 0.4) is 0 Å². The molecular formula is C23H21BrN2O4. The summed E-state index contributed by atoms with van der Waals surface area (Å²) in [5.74, 6) is -1.52. The Balaban J connectivity index is 1.93. The number of benzene rings is 2. The van der Waals surface area contributed by atoms with E-state index in [1.807, 2.05) is 37.3 Å². The number of aliphatic hydroxyl groups is 1. The molecular weight excluding hydrogens is 448 g/mol. The third kappa shape index (κ3) is 3.34. The molecule has 4 rings (SSSR count). The molecule has 2 heterocycles. The highest BCUT2D eigenvalue weighted by molar-refractivity contribution is 9.10. The Morgan fingerprint density at radius 2 is 2.00 bits per heavy atom. The van der Waals surface area contributed by atoms with Crippen molar-refractivity contribution in [3.05, 3.63) is 75.4 Å². The minimum atomic E-state index is -0.708. The van der Waals surface area contributed by atoms with Gasteiger partial charge in [-0.05, 0) is 30.7 Å². The molecule has 1 aliphatic rings. The van der Waals surface area contributed by atoms with Crippen molar-refractivity contribution in [1.29, 1.82) is 0 Å². The Kier molecular flexibility index (Phi) is 5.49. The molecule has 0 bridgehead atoms. The molecule has 3 aromatic rings. The van der Waals surface area contributed by atoms with Crippen LogP contribution in [-0.2, 0) is 14.3 Å². The summed E-state index contributed by atoms with van der Waals surface area (Å²) in [5.41, 5.74) is 3.14. The lowest BCUT2D eigenvalue weighted by molar-refractivity contribution is -0.140. The summed E-state index contributed by atoms with van der Waals surface area (Å²) in [5, 5.41) is 12.0. The number of likely N-dealkylation sites (tertiary alicyclic amines) is 1. The lowest BCUT2D eigenvalue weighted by atomic mass is 9.94. The molecule has 154 valence electrons. The van der Waals surface area contributed by atoms with Crippen LogP contribution in [0.1, 0.15) is 22.7 Å². The molecule has 0 aliphatic carbocycles. The number of amides is 1. The number of aryl methyl sites for hydroxylation is 1. The van der Waals surface area contributed by atoms with Crippen LogP contribution in [0.5, 0.6) is 0 Å². The van der Waals surface area contributed by atoms with Gasteiger partial charge in [-0.25, -0.2) is 0 Å². The first-order valence-electron chi connectivity index (χ1n) is 9.54. The maximum Gasteiger partial charge on any atom is 0.295 e. The summed E-state index contributed by atoms with van der Waals surface area (Å²) < 4.78 is 6.05. The van der Waals surface area contributed by atoms with Crippen molar-refractivity contribution in [3.8, 4) is 0 Å². The molecule has 2 aromatic carbocycles. The van der Waals surface area contributed by atoms with E-state index in [1.165, 1.54) is 4.90 Å². The average molecular weight is 469 g/mol. The predicted octanol–water partition coefficient (Wildman–Crippen LogP) is 4.31. The van der Waals surface area contributed by atoms with E-state index >= 15 is 0 Å². The first-order valence-corrected chi connectivity index (χ1v) is 10.3. The molecule has 1 atom stereocenters. The third-order valence-electron chi connectivity index (χ3n) is 5.42. The Morgan fingerprint density at radius 1 is 1.23 bits per heavy atom. The normalized spacial score (nSPS) is 18.5. The smallest absolute Gasteiger partial charge is 0.295 e. The van der Waals surface area contributed by atoms with Crippen LogP contribution in [0.25, 0.3) is 16.7 Å². The van der Waals surface area contributed by atoms with E-state index in [1.54, 1.807) is 25.4 Å². The van der Waals surface area contributed by atoms with Crippen molar-refractivity contribution in [2.75, 3.05) is 20.3 Å². The van der Waals surface area contributed by atoms with Gasteiger partial charge in [0, 0.05) is 46.4 Å². The number of carbonyl (C=O) groups excluding carboxylic acids is 2. The van der Waals surface area contributed by atoms with Crippen molar-refractivity contribution in [1.82, 2.24) is 9.88 Å². The third-order valence-corrected chi connectivity index (χ3v) is 6.31. The van der Waals surface area contributed by atoms with Crippen LogP contribution in [0.2, 0.25) is 0 Å². The van der Waals surface area contributed by atoms with E-state index < -0.39 is 17.7 Å². The number of hydrogen-bond donors (Lipinski definition) is 2. The molecule has 0 radical (unpaired) electrons. The van der Waals surface area contributed by atoms with Gasteiger partial charge in [0.05, 0.1) is 18.2 Å².